The predicted molar refractivity (Wildman–Crippen MR) is 59.4 cm³/mol. The maximum Gasteiger partial charge on any atom is 0.513 e. The Hall–Kier alpha value is -0.188. The number of hydrogen-bond donors (Lipinski definition) is 1. The predicted octanol–water partition coefficient (Wildman–Crippen LogP) is 1.61. The molecule has 4 heteroatoms. The van der Waals surface area contributed by atoms with Crippen LogP contribution in [0.25, 0.3) is 0 Å². The van der Waals surface area contributed by atoms with Gasteiger partial charge in [0.2, 0.25) is 5.66 Å². The zero-order valence-electron chi connectivity index (χ0n) is 7.19. The van der Waals surface area contributed by atoms with Crippen LogP contribution in [0, 0.1) is 6.92 Å². The largest absolute Gasteiger partial charge is 0.513 e. The van der Waals surface area contributed by atoms with E-state index in [0.717, 1.165) is 5.56 Å². The second kappa shape index (κ2) is 5.52. The molecule has 0 heterocycles. The minimum atomic E-state index is -2.10. The maximum absolute atomic E-state index is 10.7. The summed E-state index contributed by atoms with van der Waals surface area (Å²) >= 11 is 0. The SMILES string of the molecule is Cc1ccc(C(C)[P+](=O)O)cc1.[AlH3]. The molecule has 0 aliphatic carbocycles. The van der Waals surface area contributed by atoms with E-state index in [1.54, 1.807) is 6.92 Å². The molecule has 13 heavy (non-hydrogen) atoms. The van der Waals surface area contributed by atoms with Crippen LogP contribution in [0.1, 0.15) is 23.7 Å². The summed E-state index contributed by atoms with van der Waals surface area (Å²) in [6.45, 7) is 3.75. The Kier molecular flexibility index (Phi) is 5.44. The Morgan fingerprint density at radius 2 is 1.77 bits per heavy atom. The van der Waals surface area contributed by atoms with Crippen molar-refractivity contribution < 1.29 is 9.46 Å². The molecule has 1 rings (SSSR count). The Bertz CT molecular complexity index is 284. The molecule has 0 fully saturated rings. The molecule has 0 amide bonds. The Labute approximate surface area is 90.0 Å². The van der Waals surface area contributed by atoms with Crippen molar-refractivity contribution in [2.45, 2.75) is 19.5 Å². The van der Waals surface area contributed by atoms with Gasteiger partial charge in [-0.3, -0.25) is 0 Å². The first kappa shape index (κ1) is 12.8. The molecule has 0 saturated heterocycles. The summed E-state index contributed by atoms with van der Waals surface area (Å²) in [6.07, 6.45) is 0. The van der Waals surface area contributed by atoms with Crippen molar-refractivity contribution in [1.82, 2.24) is 0 Å². The lowest BCUT2D eigenvalue weighted by Gasteiger charge is -1.98. The van der Waals surface area contributed by atoms with E-state index in [4.69, 9.17) is 4.89 Å². The van der Waals surface area contributed by atoms with E-state index >= 15 is 0 Å². The van der Waals surface area contributed by atoms with Crippen LogP contribution in [-0.2, 0) is 4.57 Å². The lowest BCUT2D eigenvalue weighted by molar-refractivity contribution is 0.493. The third-order valence-electron chi connectivity index (χ3n) is 1.89. The molecular formula is C9H15AlO2P+. The first-order chi connectivity index (χ1) is 5.61. The first-order valence-corrected chi connectivity index (χ1v) is 5.11. The summed E-state index contributed by atoms with van der Waals surface area (Å²) in [5.41, 5.74) is 1.82. The van der Waals surface area contributed by atoms with E-state index in [1.807, 2.05) is 31.2 Å². The van der Waals surface area contributed by atoms with Gasteiger partial charge >= 0.3 is 8.03 Å². The molecule has 1 aromatic carbocycles. The molecule has 1 N–H and O–H groups in total. The van der Waals surface area contributed by atoms with Gasteiger partial charge in [-0.25, -0.2) is 0 Å². The summed E-state index contributed by atoms with van der Waals surface area (Å²) < 4.78 is 10.7. The Morgan fingerprint density at radius 3 is 2.15 bits per heavy atom. The lowest BCUT2D eigenvalue weighted by atomic mass is 10.1. The fourth-order valence-electron chi connectivity index (χ4n) is 0.972. The van der Waals surface area contributed by atoms with Crippen molar-refractivity contribution >= 4 is 25.4 Å². The van der Waals surface area contributed by atoms with Gasteiger partial charge in [0, 0.05) is 5.56 Å². The maximum atomic E-state index is 10.7. The van der Waals surface area contributed by atoms with Gasteiger partial charge in [-0.05, 0) is 18.4 Å². The van der Waals surface area contributed by atoms with Gasteiger partial charge in [-0.1, -0.05) is 29.8 Å². The van der Waals surface area contributed by atoms with Crippen molar-refractivity contribution in [3.63, 3.8) is 0 Å². The van der Waals surface area contributed by atoms with Gasteiger partial charge < -0.3 is 0 Å². The zero-order valence-corrected chi connectivity index (χ0v) is 8.08. The summed E-state index contributed by atoms with van der Waals surface area (Å²) in [4.78, 5) is 8.85. The minimum absolute atomic E-state index is 0. The molecule has 0 aromatic heterocycles. The zero-order chi connectivity index (χ0) is 9.14. The fourth-order valence-corrected chi connectivity index (χ4v) is 1.40. The number of benzene rings is 1. The molecule has 0 spiro atoms. The molecule has 2 nitrogen and oxygen atoms in total. The average molecular weight is 213 g/mol. The van der Waals surface area contributed by atoms with Gasteiger partial charge in [-0.2, -0.15) is 4.89 Å². The summed E-state index contributed by atoms with van der Waals surface area (Å²) in [7, 11) is -2.10. The van der Waals surface area contributed by atoms with E-state index in [-0.39, 0.29) is 23.0 Å². The van der Waals surface area contributed by atoms with Gasteiger partial charge in [0.15, 0.2) is 17.4 Å². The molecule has 1 aromatic rings. The van der Waals surface area contributed by atoms with E-state index < -0.39 is 8.03 Å². The van der Waals surface area contributed by atoms with Crippen molar-refractivity contribution in [2.75, 3.05) is 0 Å². The number of rotatable bonds is 2. The molecule has 0 radical (unpaired) electrons. The number of aryl methyl sites for hydroxylation is 1. The molecule has 70 valence electrons. The topological polar surface area (TPSA) is 37.3 Å². The summed E-state index contributed by atoms with van der Waals surface area (Å²) in [6, 6.07) is 7.68. The van der Waals surface area contributed by atoms with Crippen LogP contribution in [0.2, 0.25) is 0 Å². The summed E-state index contributed by atoms with van der Waals surface area (Å²) in [5, 5.41) is 0. The van der Waals surface area contributed by atoms with Crippen LogP contribution in [0.4, 0.5) is 0 Å². The van der Waals surface area contributed by atoms with Crippen molar-refractivity contribution in [3.8, 4) is 0 Å². The third-order valence-corrected chi connectivity index (χ3v) is 2.85. The highest BCUT2D eigenvalue weighted by molar-refractivity contribution is 7.38. The second-order valence-electron chi connectivity index (χ2n) is 2.89. The van der Waals surface area contributed by atoms with Crippen molar-refractivity contribution in [2.24, 2.45) is 0 Å². The number of hydrogen-bond acceptors (Lipinski definition) is 1. The minimum Gasteiger partial charge on any atom is -0.160 e. The van der Waals surface area contributed by atoms with Crippen LogP contribution in [0.5, 0.6) is 0 Å². The molecule has 0 aliphatic heterocycles. The lowest BCUT2D eigenvalue weighted by Crippen LogP contribution is -1.86. The van der Waals surface area contributed by atoms with E-state index in [1.165, 1.54) is 5.56 Å². The van der Waals surface area contributed by atoms with Gasteiger partial charge in [0.05, 0.1) is 0 Å². The van der Waals surface area contributed by atoms with E-state index in [2.05, 4.69) is 0 Å². The van der Waals surface area contributed by atoms with E-state index in [9.17, 15) is 4.57 Å². The van der Waals surface area contributed by atoms with Crippen LogP contribution in [-0.4, -0.2) is 22.3 Å². The standard InChI is InChI=1S/C9H11O2P.Al.3H/c1-7-3-5-9(6-4-7)8(2)12(10)11;;;;/h3-6,8H,1-2H3;;;;/p+1. The molecule has 0 aliphatic rings. The highest BCUT2D eigenvalue weighted by atomic mass is 31.1. The highest BCUT2D eigenvalue weighted by Gasteiger charge is 2.24. The van der Waals surface area contributed by atoms with Crippen LogP contribution in [0.3, 0.4) is 0 Å². The fraction of sp³-hybridized carbons (Fsp3) is 0.333. The van der Waals surface area contributed by atoms with Crippen molar-refractivity contribution in [1.29, 1.82) is 0 Å². The van der Waals surface area contributed by atoms with Crippen LogP contribution >= 0.6 is 8.03 Å². The summed E-state index contributed by atoms with van der Waals surface area (Å²) in [5.74, 6) is 0. The highest BCUT2D eigenvalue weighted by Crippen LogP contribution is 2.36. The van der Waals surface area contributed by atoms with Crippen LogP contribution < -0.4 is 0 Å². The molecule has 0 saturated carbocycles. The van der Waals surface area contributed by atoms with Gasteiger partial charge in [0.1, 0.15) is 0 Å². The van der Waals surface area contributed by atoms with E-state index in [0.29, 0.717) is 0 Å². The smallest absolute Gasteiger partial charge is 0.160 e. The van der Waals surface area contributed by atoms with Gasteiger partial charge in [-0.15, -0.1) is 0 Å². The normalized spacial score (nSPS) is 13.0. The third kappa shape index (κ3) is 3.58. The monoisotopic (exact) mass is 213 g/mol. The van der Waals surface area contributed by atoms with Gasteiger partial charge in [0.25, 0.3) is 0 Å². The molecular weight excluding hydrogens is 198 g/mol. The first-order valence-electron chi connectivity index (χ1n) is 3.83. The quantitative estimate of drug-likeness (QED) is 0.598. The molecule has 2 atom stereocenters. The molecule has 2 unspecified atom stereocenters. The van der Waals surface area contributed by atoms with Crippen LogP contribution in [0.15, 0.2) is 24.3 Å². The van der Waals surface area contributed by atoms with Crippen molar-refractivity contribution in [3.05, 3.63) is 35.4 Å². The second-order valence-corrected chi connectivity index (χ2v) is 4.27. The molecule has 0 bridgehead atoms. The Morgan fingerprint density at radius 1 is 1.31 bits per heavy atom. The Balaban J connectivity index is 0.00000144. The average Bonchev–Trinajstić information content (AvgIpc) is 2.04.